The van der Waals surface area contributed by atoms with Gasteiger partial charge in [0.1, 0.15) is 11.9 Å². The second-order valence-electron chi connectivity index (χ2n) is 7.03. The van der Waals surface area contributed by atoms with Crippen molar-refractivity contribution in [2.45, 2.75) is 39.3 Å². The Bertz CT molecular complexity index is 870. The highest BCUT2D eigenvalue weighted by Crippen LogP contribution is 2.30. The topological polar surface area (TPSA) is 77.4 Å². The molecule has 3 heterocycles. The lowest BCUT2D eigenvalue weighted by molar-refractivity contribution is -0.0380. The highest BCUT2D eigenvalue weighted by atomic mass is 16.5. The molecule has 2 aromatic heterocycles. The van der Waals surface area contributed by atoms with Crippen LogP contribution >= 0.6 is 0 Å². The number of rotatable bonds is 5. The zero-order chi connectivity index (χ0) is 18.8. The second kappa shape index (κ2) is 7.62. The molecule has 0 bridgehead atoms. The van der Waals surface area contributed by atoms with E-state index in [2.05, 4.69) is 44.5 Å². The number of nitrogens with zero attached hydrogens (tertiary/aromatic N) is 4. The SMILES string of the molecule is Cc1noc(C)c1C(C)c1nc(C2CN(Cc3ccccc3)CCO2)no1. The fourth-order valence-electron chi connectivity index (χ4n) is 3.63. The summed E-state index contributed by atoms with van der Waals surface area (Å²) in [5, 5.41) is 8.20. The molecule has 1 aliphatic rings. The Kier molecular flexibility index (Phi) is 5.05. The van der Waals surface area contributed by atoms with Crippen LogP contribution in [0, 0.1) is 13.8 Å². The first-order chi connectivity index (χ1) is 13.1. The third kappa shape index (κ3) is 3.79. The molecular weight excluding hydrogens is 344 g/mol. The highest BCUT2D eigenvalue weighted by molar-refractivity contribution is 5.29. The van der Waals surface area contributed by atoms with Gasteiger partial charge in [0.05, 0.1) is 18.2 Å². The first kappa shape index (κ1) is 17.9. The van der Waals surface area contributed by atoms with Crippen LogP contribution in [0.3, 0.4) is 0 Å². The molecular formula is C20H24N4O3. The third-order valence-corrected chi connectivity index (χ3v) is 5.04. The normalized spacial score (nSPS) is 19.3. The van der Waals surface area contributed by atoms with Crippen molar-refractivity contribution in [1.82, 2.24) is 20.2 Å². The maximum Gasteiger partial charge on any atom is 0.234 e. The largest absolute Gasteiger partial charge is 0.367 e. The molecule has 7 nitrogen and oxygen atoms in total. The average molecular weight is 368 g/mol. The molecule has 3 aromatic rings. The van der Waals surface area contributed by atoms with Crippen molar-refractivity contribution in [3.8, 4) is 0 Å². The Morgan fingerprint density at radius 1 is 1.15 bits per heavy atom. The van der Waals surface area contributed by atoms with Gasteiger partial charge in [-0.15, -0.1) is 0 Å². The van der Waals surface area contributed by atoms with Gasteiger partial charge in [-0.1, -0.05) is 40.6 Å². The monoisotopic (exact) mass is 368 g/mol. The summed E-state index contributed by atoms with van der Waals surface area (Å²) in [5.74, 6) is 1.87. The van der Waals surface area contributed by atoms with Crippen molar-refractivity contribution < 1.29 is 13.8 Å². The van der Waals surface area contributed by atoms with Crippen LogP contribution in [-0.2, 0) is 11.3 Å². The van der Waals surface area contributed by atoms with Crippen LogP contribution in [0.1, 0.15) is 53.2 Å². The van der Waals surface area contributed by atoms with E-state index >= 15 is 0 Å². The first-order valence-electron chi connectivity index (χ1n) is 9.26. The summed E-state index contributed by atoms with van der Waals surface area (Å²) < 4.78 is 16.7. The third-order valence-electron chi connectivity index (χ3n) is 5.04. The van der Waals surface area contributed by atoms with Crippen LogP contribution in [0.2, 0.25) is 0 Å². The van der Waals surface area contributed by atoms with Crippen LogP contribution in [0.4, 0.5) is 0 Å². The van der Waals surface area contributed by atoms with Crippen molar-refractivity contribution in [2.24, 2.45) is 0 Å². The Labute approximate surface area is 158 Å². The van der Waals surface area contributed by atoms with Gasteiger partial charge >= 0.3 is 0 Å². The van der Waals surface area contributed by atoms with E-state index in [1.54, 1.807) is 0 Å². The number of benzene rings is 1. The van der Waals surface area contributed by atoms with Gasteiger partial charge in [-0.25, -0.2) is 0 Å². The van der Waals surface area contributed by atoms with E-state index in [0.29, 0.717) is 18.3 Å². The lowest BCUT2D eigenvalue weighted by atomic mass is 9.99. The quantitative estimate of drug-likeness (QED) is 0.683. The van der Waals surface area contributed by atoms with Crippen LogP contribution in [0.15, 0.2) is 39.4 Å². The van der Waals surface area contributed by atoms with Gasteiger partial charge in [0.25, 0.3) is 0 Å². The van der Waals surface area contributed by atoms with Gasteiger partial charge in [-0.05, 0) is 26.3 Å². The van der Waals surface area contributed by atoms with Crippen LogP contribution in [0.5, 0.6) is 0 Å². The van der Waals surface area contributed by atoms with Gasteiger partial charge in [0, 0.05) is 25.2 Å². The van der Waals surface area contributed by atoms with E-state index < -0.39 is 0 Å². The molecule has 7 heteroatoms. The minimum Gasteiger partial charge on any atom is -0.367 e. The Balaban J connectivity index is 1.46. The molecule has 0 saturated carbocycles. The molecule has 0 amide bonds. The summed E-state index contributed by atoms with van der Waals surface area (Å²) in [6.07, 6.45) is -0.183. The maximum absolute atomic E-state index is 5.91. The van der Waals surface area contributed by atoms with Crippen molar-refractivity contribution in [2.75, 3.05) is 19.7 Å². The van der Waals surface area contributed by atoms with Crippen molar-refractivity contribution in [1.29, 1.82) is 0 Å². The van der Waals surface area contributed by atoms with E-state index in [-0.39, 0.29) is 12.0 Å². The molecule has 0 aliphatic carbocycles. The number of hydrogen-bond donors (Lipinski definition) is 0. The molecule has 1 fully saturated rings. The Morgan fingerprint density at radius 3 is 2.70 bits per heavy atom. The Hall–Kier alpha value is -2.51. The van der Waals surface area contributed by atoms with Crippen LogP contribution in [0.25, 0.3) is 0 Å². The zero-order valence-electron chi connectivity index (χ0n) is 15.9. The maximum atomic E-state index is 5.91. The van der Waals surface area contributed by atoms with Gasteiger partial charge in [0.2, 0.25) is 11.7 Å². The van der Waals surface area contributed by atoms with E-state index in [1.165, 1.54) is 5.56 Å². The second-order valence-corrected chi connectivity index (χ2v) is 7.03. The molecule has 1 saturated heterocycles. The van der Waals surface area contributed by atoms with E-state index in [1.807, 2.05) is 26.8 Å². The fraction of sp³-hybridized carbons (Fsp3) is 0.450. The Morgan fingerprint density at radius 2 is 1.96 bits per heavy atom. The predicted molar refractivity (Wildman–Crippen MR) is 98.2 cm³/mol. The summed E-state index contributed by atoms with van der Waals surface area (Å²) >= 11 is 0. The summed E-state index contributed by atoms with van der Waals surface area (Å²) in [6, 6.07) is 10.4. The highest BCUT2D eigenvalue weighted by Gasteiger charge is 2.29. The van der Waals surface area contributed by atoms with Crippen molar-refractivity contribution in [3.63, 3.8) is 0 Å². The molecule has 4 rings (SSSR count). The molecule has 27 heavy (non-hydrogen) atoms. The van der Waals surface area contributed by atoms with Gasteiger partial charge < -0.3 is 13.8 Å². The summed E-state index contributed by atoms with van der Waals surface area (Å²) in [6.45, 7) is 9.02. The molecule has 142 valence electrons. The number of ether oxygens (including phenoxy) is 1. The van der Waals surface area contributed by atoms with E-state index in [9.17, 15) is 0 Å². The number of morpholine rings is 1. The summed E-state index contributed by atoms with van der Waals surface area (Å²) in [5.41, 5.74) is 3.14. The zero-order valence-corrected chi connectivity index (χ0v) is 15.9. The summed E-state index contributed by atoms with van der Waals surface area (Å²) in [7, 11) is 0. The lowest BCUT2D eigenvalue weighted by Gasteiger charge is -2.31. The molecule has 0 N–H and O–H groups in total. The van der Waals surface area contributed by atoms with Crippen molar-refractivity contribution in [3.05, 3.63) is 64.6 Å². The molecule has 0 spiro atoms. The minimum atomic E-state index is -0.183. The average Bonchev–Trinajstić information content (AvgIpc) is 3.30. The number of aromatic nitrogens is 3. The molecule has 1 aliphatic heterocycles. The fourth-order valence-corrected chi connectivity index (χ4v) is 3.63. The van der Waals surface area contributed by atoms with E-state index in [0.717, 1.165) is 36.7 Å². The van der Waals surface area contributed by atoms with Crippen LogP contribution < -0.4 is 0 Å². The van der Waals surface area contributed by atoms with Crippen LogP contribution in [-0.4, -0.2) is 39.9 Å². The molecule has 2 atom stereocenters. The predicted octanol–water partition coefficient (Wildman–Crippen LogP) is 3.40. The minimum absolute atomic E-state index is 0.0680. The molecule has 1 aromatic carbocycles. The number of hydrogen-bond acceptors (Lipinski definition) is 7. The lowest BCUT2D eigenvalue weighted by Crippen LogP contribution is -2.38. The first-order valence-corrected chi connectivity index (χ1v) is 9.26. The summed E-state index contributed by atoms with van der Waals surface area (Å²) in [4.78, 5) is 6.97. The van der Waals surface area contributed by atoms with Gasteiger partial charge in [-0.3, -0.25) is 4.90 Å². The van der Waals surface area contributed by atoms with Gasteiger partial charge in [-0.2, -0.15) is 4.98 Å². The van der Waals surface area contributed by atoms with Gasteiger partial charge in [0.15, 0.2) is 0 Å². The molecule has 0 radical (unpaired) electrons. The smallest absolute Gasteiger partial charge is 0.234 e. The molecule has 2 unspecified atom stereocenters. The van der Waals surface area contributed by atoms with Crippen molar-refractivity contribution >= 4 is 0 Å². The number of aryl methyl sites for hydroxylation is 2. The standard InChI is InChI=1S/C20H24N4O3/c1-13(18-14(2)22-26-15(18)3)20-21-19(23-27-20)17-12-24(9-10-25-17)11-16-7-5-4-6-8-16/h4-8,13,17H,9-12H2,1-3H3. The van der Waals surface area contributed by atoms with E-state index in [4.69, 9.17) is 13.8 Å².